The van der Waals surface area contributed by atoms with Gasteiger partial charge in [-0.25, -0.2) is 0 Å². The average molecular weight is 176 g/mol. The molecule has 0 aromatic heterocycles. The molecule has 4 heteroatoms. The molecule has 2 aliphatic rings. The highest BCUT2D eigenvalue weighted by molar-refractivity contribution is 7.41. The van der Waals surface area contributed by atoms with Crippen LogP contribution in [0.25, 0.3) is 0 Å². The molecule has 2 fully saturated rings. The van der Waals surface area contributed by atoms with Gasteiger partial charge in [0, 0.05) is 13.0 Å². The lowest BCUT2D eigenvalue weighted by Crippen LogP contribution is -2.25. The van der Waals surface area contributed by atoms with Crippen molar-refractivity contribution in [1.82, 2.24) is 0 Å². The van der Waals surface area contributed by atoms with E-state index in [9.17, 15) is 0 Å². The Morgan fingerprint density at radius 2 is 2.36 bits per heavy atom. The van der Waals surface area contributed by atoms with Crippen molar-refractivity contribution in [3.8, 4) is 0 Å². The first kappa shape index (κ1) is 7.93. The molecule has 64 valence electrons. The number of fused-ring (bicyclic) bond motifs is 1. The summed E-state index contributed by atoms with van der Waals surface area (Å²) in [6, 6.07) is 0. The SMILES string of the molecule is COP1OCC2CCC[C@@H]2O1. The Hall–Kier alpha value is 0.310. The van der Waals surface area contributed by atoms with Crippen LogP contribution in [0, 0.1) is 5.92 Å². The summed E-state index contributed by atoms with van der Waals surface area (Å²) in [6.07, 6.45) is 4.16. The topological polar surface area (TPSA) is 27.7 Å². The fraction of sp³-hybridized carbons (Fsp3) is 1.00. The van der Waals surface area contributed by atoms with Crippen molar-refractivity contribution in [2.75, 3.05) is 13.7 Å². The molecular weight excluding hydrogens is 163 g/mol. The zero-order valence-corrected chi connectivity index (χ0v) is 7.55. The summed E-state index contributed by atoms with van der Waals surface area (Å²) in [7, 11) is 0.639. The maximum Gasteiger partial charge on any atom is 0.332 e. The zero-order valence-electron chi connectivity index (χ0n) is 6.66. The second-order valence-corrected chi connectivity index (χ2v) is 4.32. The summed E-state index contributed by atoms with van der Waals surface area (Å²) in [6.45, 7) is 0.838. The quantitative estimate of drug-likeness (QED) is 0.572. The molecule has 0 amide bonds. The van der Waals surface area contributed by atoms with Gasteiger partial charge < -0.3 is 13.6 Å². The van der Waals surface area contributed by atoms with Crippen molar-refractivity contribution in [2.24, 2.45) is 5.92 Å². The van der Waals surface area contributed by atoms with E-state index < -0.39 is 8.60 Å². The van der Waals surface area contributed by atoms with Gasteiger partial charge in [0.05, 0.1) is 12.7 Å². The minimum absolute atomic E-state index is 0.426. The Morgan fingerprint density at radius 1 is 1.45 bits per heavy atom. The lowest BCUT2D eigenvalue weighted by Gasteiger charge is -2.29. The second-order valence-electron chi connectivity index (χ2n) is 3.04. The summed E-state index contributed by atoms with van der Waals surface area (Å²) in [5.41, 5.74) is 0. The third kappa shape index (κ3) is 1.57. The van der Waals surface area contributed by atoms with Crippen LogP contribution < -0.4 is 0 Å². The summed E-state index contributed by atoms with van der Waals surface area (Å²) in [4.78, 5) is 0. The maximum absolute atomic E-state index is 5.58. The minimum Gasteiger partial charge on any atom is -0.316 e. The molecular formula is C7H13O3P. The Balaban J connectivity index is 1.91. The fourth-order valence-electron chi connectivity index (χ4n) is 1.73. The van der Waals surface area contributed by atoms with E-state index in [2.05, 4.69) is 0 Å². The van der Waals surface area contributed by atoms with E-state index in [1.165, 1.54) is 19.3 Å². The van der Waals surface area contributed by atoms with Crippen LogP contribution in [-0.4, -0.2) is 19.8 Å². The normalized spacial score (nSPS) is 43.9. The van der Waals surface area contributed by atoms with Crippen LogP contribution in [0.2, 0.25) is 0 Å². The maximum atomic E-state index is 5.58. The molecule has 1 saturated heterocycles. The van der Waals surface area contributed by atoms with E-state index in [1.54, 1.807) is 7.11 Å². The van der Waals surface area contributed by atoms with Crippen LogP contribution in [0.5, 0.6) is 0 Å². The van der Waals surface area contributed by atoms with Crippen LogP contribution in [0.4, 0.5) is 0 Å². The fourth-order valence-corrected chi connectivity index (χ4v) is 2.79. The third-order valence-corrected chi connectivity index (χ3v) is 3.45. The van der Waals surface area contributed by atoms with Gasteiger partial charge in [-0.15, -0.1) is 0 Å². The van der Waals surface area contributed by atoms with E-state index in [4.69, 9.17) is 13.6 Å². The smallest absolute Gasteiger partial charge is 0.316 e. The van der Waals surface area contributed by atoms with Gasteiger partial charge >= 0.3 is 8.60 Å². The largest absolute Gasteiger partial charge is 0.332 e. The van der Waals surface area contributed by atoms with Gasteiger partial charge in [0.1, 0.15) is 0 Å². The molecule has 0 N–H and O–H groups in total. The van der Waals surface area contributed by atoms with Crippen LogP contribution in [-0.2, 0) is 13.6 Å². The second kappa shape index (κ2) is 3.36. The Kier molecular flexibility index (Phi) is 2.42. The molecule has 0 aromatic rings. The Morgan fingerprint density at radius 3 is 3.18 bits per heavy atom. The van der Waals surface area contributed by atoms with Crippen molar-refractivity contribution >= 4 is 8.60 Å². The van der Waals surface area contributed by atoms with Crippen molar-refractivity contribution in [3.05, 3.63) is 0 Å². The van der Waals surface area contributed by atoms with Gasteiger partial charge in [-0.2, -0.15) is 0 Å². The van der Waals surface area contributed by atoms with E-state index in [0.717, 1.165) is 6.61 Å². The van der Waals surface area contributed by atoms with Gasteiger partial charge in [0.2, 0.25) is 0 Å². The van der Waals surface area contributed by atoms with E-state index in [1.807, 2.05) is 0 Å². The predicted octanol–water partition coefficient (Wildman–Crippen LogP) is 2.08. The Labute approximate surface area is 68.0 Å². The van der Waals surface area contributed by atoms with Crippen LogP contribution in [0.1, 0.15) is 19.3 Å². The van der Waals surface area contributed by atoms with Crippen LogP contribution >= 0.6 is 8.60 Å². The first-order valence-electron chi connectivity index (χ1n) is 4.04. The molecule has 1 aliphatic heterocycles. The van der Waals surface area contributed by atoms with Gasteiger partial charge in [-0.05, 0) is 12.8 Å². The molecule has 0 aromatic carbocycles. The lowest BCUT2D eigenvalue weighted by atomic mass is 10.1. The Bertz CT molecular complexity index is 142. The van der Waals surface area contributed by atoms with E-state index >= 15 is 0 Å². The summed E-state index contributed by atoms with van der Waals surface area (Å²) >= 11 is 0. The van der Waals surface area contributed by atoms with Crippen molar-refractivity contribution in [1.29, 1.82) is 0 Å². The molecule has 1 aliphatic carbocycles. The molecule has 2 rings (SSSR count). The summed E-state index contributed by atoms with van der Waals surface area (Å²) in [5.74, 6) is 0.642. The molecule has 3 atom stereocenters. The molecule has 3 nitrogen and oxygen atoms in total. The molecule has 1 heterocycles. The summed E-state index contributed by atoms with van der Waals surface area (Å²) in [5, 5.41) is 0. The highest BCUT2D eigenvalue weighted by atomic mass is 31.2. The summed E-state index contributed by atoms with van der Waals surface area (Å²) < 4.78 is 16.0. The third-order valence-electron chi connectivity index (χ3n) is 2.35. The van der Waals surface area contributed by atoms with E-state index in [0.29, 0.717) is 12.0 Å². The monoisotopic (exact) mass is 176 g/mol. The molecule has 2 unspecified atom stereocenters. The highest BCUT2D eigenvalue weighted by Crippen LogP contribution is 2.49. The average Bonchev–Trinajstić information content (AvgIpc) is 2.50. The zero-order chi connectivity index (χ0) is 7.68. The van der Waals surface area contributed by atoms with Crippen molar-refractivity contribution in [2.45, 2.75) is 25.4 Å². The number of hydrogen-bond donors (Lipinski definition) is 0. The predicted molar refractivity (Wildman–Crippen MR) is 42.1 cm³/mol. The highest BCUT2D eigenvalue weighted by Gasteiger charge is 2.36. The van der Waals surface area contributed by atoms with Gasteiger partial charge in [0.25, 0.3) is 0 Å². The van der Waals surface area contributed by atoms with Crippen LogP contribution in [0.15, 0.2) is 0 Å². The first-order chi connectivity index (χ1) is 5.40. The lowest BCUT2D eigenvalue weighted by molar-refractivity contribution is 0.0367. The number of hydrogen-bond acceptors (Lipinski definition) is 3. The van der Waals surface area contributed by atoms with Crippen molar-refractivity contribution in [3.63, 3.8) is 0 Å². The van der Waals surface area contributed by atoms with Crippen LogP contribution in [0.3, 0.4) is 0 Å². The van der Waals surface area contributed by atoms with Crippen molar-refractivity contribution < 1.29 is 13.6 Å². The molecule has 0 radical (unpaired) electrons. The van der Waals surface area contributed by atoms with E-state index in [-0.39, 0.29) is 0 Å². The molecule has 1 saturated carbocycles. The number of rotatable bonds is 1. The van der Waals surface area contributed by atoms with Gasteiger partial charge in [-0.1, -0.05) is 6.42 Å². The standard InChI is InChI=1S/C7H13O3P/c1-8-11-9-5-6-3-2-4-7(6)10-11/h6-7H,2-5H2,1H3/t6?,7-,11?/m0/s1. The molecule has 11 heavy (non-hydrogen) atoms. The molecule has 0 spiro atoms. The first-order valence-corrected chi connectivity index (χ1v) is 5.13. The minimum atomic E-state index is -1.00. The molecule has 0 bridgehead atoms. The van der Waals surface area contributed by atoms with Gasteiger partial charge in [0.15, 0.2) is 0 Å². The van der Waals surface area contributed by atoms with Gasteiger partial charge in [-0.3, -0.25) is 0 Å².